The molecule has 1 atom stereocenters. The molecule has 6 nitrogen and oxygen atoms in total. The zero-order chi connectivity index (χ0) is 21.5. The Bertz CT molecular complexity index is 1140. The minimum absolute atomic E-state index is 0.0475. The normalized spacial score (nSPS) is 19.6. The summed E-state index contributed by atoms with van der Waals surface area (Å²) in [4.78, 5) is 19.7. The van der Waals surface area contributed by atoms with Crippen LogP contribution in [0.3, 0.4) is 0 Å². The van der Waals surface area contributed by atoms with E-state index in [4.69, 9.17) is 4.74 Å². The van der Waals surface area contributed by atoms with E-state index in [1.165, 1.54) is 17.8 Å². The van der Waals surface area contributed by atoms with Gasteiger partial charge in [0.15, 0.2) is 0 Å². The minimum atomic E-state index is -0.411. The molecule has 1 amide bonds. The highest BCUT2D eigenvalue weighted by molar-refractivity contribution is 6.03. The van der Waals surface area contributed by atoms with Crippen molar-refractivity contribution in [1.29, 1.82) is 0 Å². The zero-order valence-corrected chi connectivity index (χ0v) is 17.9. The second-order valence-electron chi connectivity index (χ2n) is 8.66. The maximum Gasteiger partial charge on any atom is 0.254 e. The lowest BCUT2D eigenvalue weighted by molar-refractivity contribution is 0.00361. The quantitative estimate of drug-likeness (QED) is 0.702. The average molecular weight is 423 g/mol. The van der Waals surface area contributed by atoms with Crippen molar-refractivity contribution >= 4 is 11.4 Å². The molecule has 162 valence electrons. The summed E-state index contributed by atoms with van der Waals surface area (Å²) in [7, 11) is 0. The number of hydrogen-bond donors (Lipinski definition) is 1. The third-order valence-electron chi connectivity index (χ3n) is 6.42. The highest BCUT2D eigenvalue weighted by atomic mass is 19.1. The second kappa shape index (κ2) is 8.05. The predicted octanol–water partition coefficient (Wildman–Crippen LogP) is 3.07. The first-order chi connectivity index (χ1) is 15.0. The van der Waals surface area contributed by atoms with Crippen molar-refractivity contribution in [1.82, 2.24) is 19.6 Å². The second-order valence-corrected chi connectivity index (χ2v) is 8.66. The number of carbonyl (C=O) groups is 1. The van der Waals surface area contributed by atoms with Gasteiger partial charge in [-0.05, 0) is 63.0 Å². The predicted molar refractivity (Wildman–Crippen MR) is 117 cm³/mol. The molecule has 2 fully saturated rings. The molecule has 2 aromatic heterocycles. The van der Waals surface area contributed by atoms with Crippen LogP contribution in [0, 0.1) is 18.7 Å². The number of rotatable bonds is 4. The third kappa shape index (κ3) is 3.62. The number of nitrogens with zero attached hydrogens (tertiary/aromatic N) is 3. The van der Waals surface area contributed by atoms with E-state index in [2.05, 4.69) is 20.8 Å². The van der Waals surface area contributed by atoms with Crippen LogP contribution in [-0.4, -0.2) is 59.1 Å². The Kier molecular flexibility index (Phi) is 5.24. The number of aromatic nitrogens is 2. The fraction of sp³-hybridized carbons (Fsp3) is 0.417. The Labute approximate surface area is 181 Å². The van der Waals surface area contributed by atoms with Crippen molar-refractivity contribution < 1.29 is 13.9 Å². The lowest BCUT2D eigenvalue weighted by Crippen LogP contribution is -2.47. The molecule has 1 aromatic carbocycles. The van der Waals surface area contributed by atoms with Crippen molar-refractivity contribution in [3.63, 3.8) is 0 Å². The van der Waals surface area contributed by atoms with Gasteiger partial charge in [0, 0.05) is 29.7 Å². The first kappa shape index (κ1) is 20.2. The van der Waals surface area contributed by atoms with Crippen molar-refractivity contribution in [3.05, 3.63) is 59.4 Å². The molecule has 2 aliphatic heterocycles. The van der Waals surface area contributed by atoms with Gasteiger partial charge in [0.05, 0.1) is 36.5 Å². The molecular weight excluding hydrogens is 395 g/mol. The monoisotopic (exact) mass is 422 g/mol. The number of amides is 1. The van der Waals surface area contributed by atoms with Crippen LogP contribution in [0.1, 0.15) is 28.7 Å². The SMILES string of the molecule is Cc1cncc2c(-c3ccc(F)cc3C(=O)N3CCOC[C@H]3C)cc(CC3CNC3)n12. The van der Waals surface area contributed by atoms with Gasteiger partial charge in [0.2, 0.25) is 0 Å². The Balaban J connectivity index is 1.64. The van der Waals surface area contributed by atoms with Crippen molar-refractivity contribution in [2.24, 2.45) is 5.92 Å². The molecule has 0 bridgehead atoms. The Morgan fingerprint density at radius 3 is 2.84 bits per heavy atom. The number of carbonyl (C=O) groups excluding carboxylic acids is 1. The fourth-order valence-corrected chi connectivity index (χ4v) is 4.66. The zero-order valence-electron chi connectivity index (χ0n) is 17.9. The van der Waals surface area contributed by atoms with Crippen LogP contribution < -0.4 is 5.32 Å². The molecule has 4 heterocycles. The van der Waals surface area contributed by atoms with Crippen LogP contribution in [0.15, 0.2) is 36.7 Å². The number of nitrogens with one attached hydrogen (secondary N) is 1. The number of halogens is 1. The van der Waals surface area contributed by atoms with Gasteiger partial charge in [-0.1, -0.05) is 6.07 Å². The van der Waals surface area contributed by atoms with Gasteiger partial charge in [-0.2, -0.15) is 0 Å². The lowest BCUT2D eigenvalue weighted by Gasteiger charge is -2.33. The average Bonchev–Trinajstić information content (AvgIpc) is 3.10. The van der Waals surface area contributed by atoms with E-state index in [0.29, 0.717) is 31.2 Å². The maximum absolute atomic E-state index is 14.3. The number of hydrogen-bond acceptors (Lipinski definition) is 4. The molecular formula is C24H27FN4O2. The molecule has 1 N–H and O–H groups in total. The van der Waals surface area contributed by atoms with E-state index < -0.39 is 5.82 Å². The van der Waals surface area contributed by atoms with Crippen molar-refractivity contribution in [2.45, 2.75) is 26.3 Å². The van der Waals surface area contributed by atoms with Crippen LogP contribution in [0.2, 0.25) is 0 Å². The molecule has 2 saturated heterocycles. The van der Waals surface area contributed by atoms with E-state index in [1.807, 2.05) is 26.2 Å². The van der Waals surface area contributed by atoms with E-state index in [0.717, 1.165) is 41.8 Å². The molecule has 31 heavy (non-hydrogen) atoms. The maximum atomic E-state index is 14.3. The third-order valence-corrected chi connectivity index (χ3v) is 6.42. The first-order valence-corrected chi connectivity index (χ1v) is 10.9. The molecule has 5 rings (SSSR count). The Hall–Kier alpha value is -2.77. The standard InChI is InChI=1S/C24H27FN4O2/c1-15-10-26-13-23-21(9-19(29(15)23)7-17-11-27-12-17)20-4-3-18(25)8-22(20)24(30)28-5-6-31-14-16(28)2/h3-4,8-10,13,16-17,27H,5-7,11-12,14H2,1-2H3/t16-/m1/s1. The molecule has 3 aromatic rings. The van der Waals surface area contributed by atoms with E-state index in [-0.39, 0.29) is 11.9 Å². The summed E-state index contributed by atoms with van der Waals surface area (Å²) in [6.45, 7) is 7.53. The van der Waals surface area contributed by atoms with Gasteiger partial charge in [0.25, 0.3) is 5.91 Å². The number of aryl methyl sites for hydroxylation is 1. The molecule has 0 radical (unpaired) electrons. The number of fused-ring (bicyclic) bond motifs is 1. The largest absolute Gasteiger partial charge is 0.377 e. The van der Waals surface area contributed by atoms with Crippen LogP contribution in [-0.2, 0) is 11.2 Å². The van der Waals surface area contributed by atoms with E-state index in [1.54, 1.807) is 11.0 Å². The molecule has 0 unspecified atom stereocenters. The van der Waals surface area contributed by atoms with Crippen LogP contribution in [0.5, 0.6) is 0 Å². The van der Waals surface area contributed by atoms with Crippen LogP contribution in [0.25, 0.3) is 16.6 Å². The highest BCUT2D eigenvalue weighted by Crippen LogP contribution is 2.34. The number of benzene rings is 1. The van der Waals surface area contributed by atoms with Crippen molar-refractivity contribution in [3.8, 4) is 11.1 Å². The van der Waals surface area contributed by atoms with Gasteiger partial charge < -0.3 is 19.4 Å². The fourth-order valence-electron chi connectivity index (χ4n) is 4.66. The highest BCUT2D eigenvalue weighted by Gasteiger charge is 2.28. The summed E-state index contributed by atoms with van der Waals surface area (Å²) >= 11 is 0. The van der Waals surface area contributed by atoms with Gasteiger partial charge in [-0.15, -0.1) is 0 Å². The van der Waals surface area contributed by atoms with Gasteiger partial charge in [-0.3, -0.25) is 9.78 Å². The van der Waals surface area contributed by atoms with E-state index in [9.17, 15) is 9.18 Å². The molecule has 2 aliphatic rings. The van der Waals surface area contributed by atoms with Crippen LogP contribution in [0.4, 0.5) is 4.39 Å². The molecule has 0 aliphatic carbocycles. The van der Waals surface area contributed by atoms with Gasteiger partial charge in [0.1, 0.15) is 5.82 Å². The van der Waals surface area contributed by atoms with Gasteiger partial charge in [-0.25, -0.2) is 4.39 Å². The summed E-state index contributed by atoms with van der Waals surface area (Å²) in [5.41, 5.74) is 5.23. The first-order valence-electron chi connectivity index (χ1n) is 10.9. The van der Waals surface area contributed by atoms with Crippen molar-refractivity contribution in [2.75, 3.05) is 32.8 Å². The molecule has 7 heteroatoms. The lowest BCUT2D eigenvalue weighted by atomic mass is 9.95. The summed E-state index contributed by atoms with van der Waals surface area (Å²) < 4.78 is 22.0. The Morgan fingerprint density at radius 1 is 1.26 bits per heavy atom. The summed E-state index contributed by atoms with van der Waals surface area (Å²) in [6, 6.07) is 6.61. The molecule has 0 spiro atoms. The number of morpholine rings is 1. The Morgan fingerprint density at radius 2 is 2.10 bits per heavy atom. The van der Waals surface area contributed by atoms with Gasteiger partial charge >= 0.3 is 0 Å². The summed E-state index contributed by atoms with van der Waals surface area (Å²) in [5, 5.41) is 3.33. The minimum Gasteiger partial charge on any atom is -0.377 e. The smallest absolute Gasteiger partial charge is 0.254 e. The summed E-state index contributed by atoms with van der Waals surface area (Å²) in [5.74, 6) is 0.0311. The number of ether oxygens (including phenoxy) is 1. The van der Waals surface area contributed by atoms with E-state index >= 15 is 0 Å². The summed E-state index contributed by atoms with van der Waals surface area (Å²) in [6.07, 6.45) is 4.63. The topological polar surface area (TPSA) is 58.9 Å². The van der Waals surface area contributed by atoms with Crippen LogP contribution >= 0.6 is 0 Å². The molecule has 0 saturated carbocycles.